The normalized spacial score (nSPS) is 23.0. The number of fused-ring (bicyclic) bond motifs is 1. The number of amides is 3. The fraction of sp³-hybridized carbons (Fsp3) is 0.600. The smallest absolute Gasteiger partial charge is 0.327 e. The summed E-state index contributed by atoms with van der Waals surface area (Å²) in [5.74, 6) is -0.179. The second kappa shape index (κ2) is 6.76. The molecule has 2 atom stereocenters. The quantitative estimate of drug-likeness (QED) is 0.804. The lowest BCUT2D eigenvalue weighted by atomic mass is 10.0. The Morgan fingerprint density at radius 1 is 1.41 bits per heavy atom. The van der Waals surface area contributed by atoms with Crippen LogP contribution in [-0.2, 0) is 16.1 Å². The van der Waals surface area contributed by atoms with E-state index in [9.17, 15) is 14.7 Å². The van der Waals surface area contributed by atoms with E-state index < -0.39 is 6.10 Å². The van der Waals surface area contributed by atoms with Crippen molar-refractivity contribution in [1.29, 1.82) is 0 Å². The maximum absolute atomic E-state index is 12.3. The number of β-amino-alcohol motifs (C(OH)–C–C–N with tert-alkyl or cyclic N) is 1. The first-order valence-electron chi connectivity index (χ1n) is 7.57. The van der Waals surface area contributed by atoms with Crippen LogP contribution in [0.15, 0.2) is 17.5 Å². The number of hydrogen-bond donors (Lipinski definition) is 1. The van der Waals surface area contributed by atoms with Gasteiger partial charge in [0.25, 0.3) is 5.91 Å². The molecule has 2 aliphatic rings. The molecule has 0 aromatic carbocycles. The number of rotatable bonds is 6. The molecule has 2 fully saturated rings. The van der Waals surface area contributed by atoms with Gasteiger partial charge in [-0.2, -0.15) is 0 Å². The highest BCUT2D eigenvalue weighted by Crippen LogP contribution is 2.26. The molecule has 3 rings (SSSR count). The van der Waals surface area contributed by atoms with Crippen LogP contribution in [0.25, 0.3) is 0 Å². The summed E-state index contributed by atoms with van der Waals surface area (Å²) in [6.07, 6.45) is 1.79. The first-order valence-corrected chi connectivity index (χ1v) is 8.45. The molecule has 1 aromatic rings. The number of aliphatic hydroxyl groups is 1. The second-order valence-electron chi connectivity index (χ2n) is 5.68. The van der Waals surface area contributed by atoms with Crippen LogP contribution >= 0.6 is 11.3 Å². The second-order valence-corrected chi connectivity index (χ2v) is 6.72. The van der Waals surface area contributed by atoms with Gasteiger partial charge in [-0.1, -0.05) is 6.07 Å². The molecule has 0 bridgehead atoms. The van der Waals surface area contributed by atoms with Gasteiger partial charge in [-0.3, -0.25) is 9.69 Å². The van der Waals surface area contributed by atoms with Gasteiger partial charge in [-0.25, -0.2) is 4.79 Å². The van der Waals surface area contributed by atoms with Crippen LogP contribution in [0, 0.1) is 0 Å². The summed E-state index contributed by atoms with van der Waals surface area (Å²) in [7, 11) is 0. The van der Waals surface area contributed by atoms with E-state index in [1.165, 1.54) is 4.90 Å². The minimum Gasteiger partial charge on any atom is -0.389 e. The Morgan fingerprint density at radius 2 is 2.27 bits per heavy atom. The van der Waals surface area contributed by atoms with Gasteiger partial charge in [0.15, 0.2) is 0 Å². The minimum absolute atomic E-state index is 0.00903. The van der Waals surface area contributed by atoms with Gasteiger partial charge in [0.05, 0.1) is 25.9 Å². The van der Waals surface area contributed by atoms with Crippen molar-refractivity contribution in [3.05, 3.63) is 22.4 Å². The van der Waals surface area contributed by atoms with E-state index in [4.69, 9.17) is 4.74 Å². The molecule has 0 aliphatic carbocycles. The number of carbonyl (C=O) groups is 2. The molecule has 1 N–H and O–H groups in total. The number of imide groups is 1. The molecule has 0 spiro atoms. The highest BCUT2D eigenvalue weighted by molar-refractivity contribution is 7.09. The molecule has 7 heteroatoms. The highest BCUT2D eigenvalue weighted by atomic mass is 32.1. The first kappa shape index (κ1) is 15.5. The van der Waals surface area contributed by atoms with Crippen molar-refractivity contribution in [2.24, 2.45) is 0 Å². The minimum atomic E-state index is -0.853. The number of aliphatic hydroxyl groups excluding tert-OH is 1. The summed E-state index contributed by atoms with van der Waals surface area (Å²) >= 11 is 1.59. The third kappa shape index (κ3) is 3.16. The Hall–Kier alpha value is -1.44. The van der Waals surface area contributed by atoms with Gasteiger partial charge in [-0.05, 0) is 30.7 Å². The molecule has 0 radical (unpaired) electrons. The lowest BCUT2D eigenvalue weighted by Crippen LogP contribution is -2.40. The van der Waals surface area contributed by atoms with Crippen molar-refractivity contribution >= 4 is 23.3 Å². The zero-order chi connectivity index (χ0) is 15.5. The van der Waals surface area contributed by atoms with Crippen LogP contribution in [0.2, 0.25) is 0 Å². The fourth-order valence-electron chi connectivity index (χ4n) is 2.97. The summed E-state index contributed by atoms with van der Waals surface area (Å²) in [4.78, 5) is 28.4. The Bertz CT molecular complexity index is 510. The van der Waals surface area contributed by atoms with Gasteiger partial charge in [-0.15, -0.1) is 11.3 Å². The molecule has 22 heavy (non-hydrogen) atoms. The number of piperidine rings is 1. The van der Waals surface area contributed by atoms with Gasteiger partial charge in [0.1, 0.15) is 6.04 Å². The van der Waals surface area contributed by atoms with Crippen LogP contribution < -0.4 is 0 Å². The van der Waals surface area contributed by atoms with Crippen LogP contribution in [0.4, 0.5) is 4.79 Å². The van der Waals surface area contributed by atoms with Gasteiger partial charge in [0, 0.05) is 11.4 Å². The van der Waals surface area contributed by atoms with E-state index in [1.54, 1.807) is 16.2 Å². The van der Waals surface area contributed by atoms with Crippen molar-refractivity contribution in [3.8, 4) is 0 Å². The number of nitrogens with zero attached hydrogens (tertiary/aromatic N) is 2. The molecule has 3 heterocycles. The molecule has 120 valence electrons. The summed E-state index contributed by atoms with van der Waals surface area (Å²) in [5, 5.41) is 12.0. The van der Waals surface area contributed by atoms with Crippen molar-refractivity contribution in [2.45, 2.75) is 38.0 Å². The zero-order valence-electron chi connectivity index (χ0n) is 12.3. The van der Waals surface area contributed by atoms with Crippen LogP contribution in [0.1, 0.15) is 24.1 Å². The number of thiophene rings is 1. The predicted octanol–water partition coefficient (Wildman–Crippen LogP) is 1.44. The molecule has 6 nitrogen and oxygen atoms in total. The van der Waals surface area contributed by atoms with E-state index in [-0.39, 0.29) is 31.1 Å². The number of ether oxygens (including phenoxy) is 1. The molecular weight excluding hydrogens is 304 g/mol. The summed E-state index contributed by atoms with van der Waals surface area (Å²) < 4.78 is 5.44. The fourth-order valence-corrected chi connectivity index (χ4v) is 3.61. The summed E-state index contributed by atoms with van der Waals surface area (Å²) in [5.41, 5.74) is 0. The van der Waals surface area contributed by atoms with Crippen LogP contribution in [0.5, 0.6) is 0 Å². The van der Waals surface area contributed by atoms with Crippen LogP contribution in [0.3, 0.4) is 0 Å². The molecular formula is C15H20N2O4S. The molecule has 3 amide bonds. The van der Waals surface area contributed by atoms with Crippen LogP contribution in [-0.4, -0.2) is 58.7 Å². The number of hydrogen-bond acceptors (Lipinski definition) is 5. The van der Waals surface area contributed by atoms with E-state index in [1.807, 2.05) is 17.5 Å². The van der Waals surface area contributed by atoms with Crippen molar-refractivity contribution in [1.82, 2.24) is 9.80 Å². The molecule has 0 saturated carbocycles. The number of urea groups is 1. The van der Waals surface area contributed by atoms with E-state index in [0.29, 0.717) is 13.2 Å². The number of carbonyl (C=O) groups excluding carboxylic acids is 2. The summed E-state index contributed by atoms with van der Waals surface area (Å²) in [6.45, 7) is 1.19. The van der Waals surface area contributed by atoms with Crippen molar-refractivity contribution < 1.29 is 19.4 Å². The van der Waals surface area contributed by atoms with Gasteiger partial charge < -0.3 is 14.7 Å². The summed E-state index contributed by atoms with van der Waals surface area (Å²) in [6, 6.07) is 3.31. The van der Waals surface area contributed by atoms with Gasteiger partial charge >= 0.3 is 6.03 Å². The first-order chi connectivity index (χ1) is 10.7. The maximum atomic E-state index is 12.3. The average molecular weight is 324 g/mol. The predicted molar refractivity (Wildman–Crippen MR) is 81.4 cm³/mol. The lowest BCUT2D eigenvalue weighted by Gasteiger charge is -2.26. The largest absolute Gasteiger partial charge is 0.389 e. The molecule has 2 unspecified atom stereocenters. The Kier molecular flexibility index (Phi) is 4.75. The Labute approximate surface area is 133 Å². The van der Waals surface area contributed by atoms with Crippen molar-refractivity contribution in [2.75, 3.05) is 19.7 Å². The maximum Gasteiger partial charge on any atom is 0.327 e. The Balaban J connectivity index is 1.49. The van der Waals surface area contributed by atoms with Gasteiger partial charge in [0.2, 0.25) is 0 Å². The standard InChI is InChI=1S/C15H20N2O4S/c18-11(9-21-10-12-4-3-7-22-12)8-17-14(19)13-5-1-2-6-16(13)15(17)20/h3-4,7,11,13,18H,1-2,5-6,8-10H2. The molecule has 1 aromatic heterocycles. The highest BCUT2D eigenvalue weighted by Gasteiger charge is 2.46. The van der Waals surface area contributed by atoms with E-state index >= 15 is 0 Å². The molecule has 2 saturated heterocycles. The molecule has 2 aliphatic heterocycles. The SMILES string of the molecule is O=C1C2CCCCN2C(=O)N1CC(O)COCc1cccs1. The topological polar surface area (TPSA) is 70.1 Å². The Morgan fingerprint density at radius 3 is 3.00 bits per heavy atom. The van der Waals surface area contributed by atoms with E-state index in [0.717, 1.165) is 24.1 Å². The third-order valence-electron chi connectivity index (χ3n) is 4.06. The third-order valence-corrected chi connectivity index (χ3v) is 4.91. The van der Waals surface area contributed by atoms with E-state index in [2.05, 4.69) is 0 Å². The average Bonchev–Trinajstić information content (AvgIpc) is 3.11. The monoisotopic (exact) mass is 324 g/mol. The lowest BCUT2D eigenvalue weighted by molar-refractivity contribution is -0.130. The zero-order valence-corrected chi connectivity index (χ0v) is 13.1. The van der Waals surface area contributed by atoms with Crippen molar-refractivity contribution in [3.63, 3.8) is 0 Å².